The standard InChI is InChI=1S/C15H21ClFNO.ClH/c1-18(2)14-5-3-4-8-15(14,19)10-11-9-12(16)6-7-13(11)17;/h6-7,9,14,19H,3-5,8,10H2,1-2H3;1H. The monoisotopic (exact) mass is 321 g/mol. The summed E-state index contributed by atoms with van der Waals surface area (Å²) in [5.41, 5.74) is -0.364. The number of rotatable bonds is 3. The SMILES string of the molecule is CN(C)C1CCCCC1(O)Cc1cc(Cl)ccc1F.Cl. The Morgan fingerprint density at radius 3 is 2.75 bits per heavy atom. The molecule has 0 amide bonds. The van der Waals surface area contributed by atoms with Gasteiger partial charge in [0.2, 0.25) is 0 Å². The van der Waals surface area contributed by atoms with E-state index in [1.165, 1.54) is 12.1 Å². The molecule has 5 heteroatoms. The van der Waals surface area contributed by atoms with E-state index in [0.717, 1.165) is 19.3 Å². The first-order valence-electron chi connectivity index (χ1n) is 6.75. The first-order chi connectivity index (χ1) is 8.92. The fraction of sp³-hybridized carbons (Fsp3) is 0.600. The number of hydrogen-bond acceptors (Lipinski definition) is 2. The Morgan fingerprint density at radius 2 is 2.10 bits per heavy atom. The van der Waals surface area contributed by atoms with E-state index in [4.69, 9.17) is 11.6 Å². The van der Waals surface area contributed by atoms with Gasteiger partial charge in [-0.25, -0.2) is 4.39 Å². The molecule has 2 unspecified atom stereocenters. The Kier molecular flexibility index (Phi) is 6.26. The van der Waals surface area contributed by atoms with E-state index < -0.39 is 5.60 Å². The summed E-state index contributed by atoms with van der Waals surface area (Å²) in [6.45, 7) is 0. The molecular formula is C15H22Cl2FNO. The molecule has 1 aliphatic carbocycles. The zero-order valence-corrected chi connectivity index (χ0v) is 13.5. The van der Waals surface area contributed by atoms with Gasteiger partial charge in [-0.15, -0.1) is 12.4 Å². The molecule has 1 aromatic rings. The first kappa shape index (κ1) is 17.7. The average Bonchev–Trinajstić information content (AvgIpc) is 2.33. The second kappa shape index (κ2) is 7.08. The Bertz CT molecular complexity index is 455. The third-order valence-electron chi connectivity index (χ3n) is 4.09. The van der Waals surface area contributed by atoms with Crippen LogP contribution >= 0.6 is 24.0 Å². The van der Waals surface area contributed by atoms with Crippen molar-refractivity contribution in [1.29, 1.82) is 0 Å². The fourth-order valence-electron chi connectivity index (χ4n) is 3.16. The van der Waals surface area contributed by atoms with Crippen LogP contribution in [0.15, 0.2) is 18.2 Å². The van der Waals surface area contributed by atoms with Crippen molar-refractivity contribution in [3.63, 3.8) is 0 Å². The van der Waals surface area contributed by atoms with Crippen molar-refractivity contribution in [2.75, 3.05) is 14.1 Å². The highest BCUT2D eigenvalue weighted by Crippen LogP contribution is 2.35. The van der Waals surface area contributed by atoms with Gasteiger partial charge in [-0.2, -0.15) is 0 Å². The number of likely N-dealkylation sites (N-methyl/N-ethyl adjacent to an activating group) is 1. The summed E-state index contributed by atoms with van der Waals surface area (Å²) in [5, 5.41) is 11.4. The molecule has 2 nitrogen and oxygen atoms in total. The predicted octanol–water partition coefficient (Wildman–Crippen LogP) is 3.68. The fourth-order valence-corrected chi connectivity index (χ4v) is 3.35. The maximum absolute atomic E-state index is 13.8. The van der Waals surface area contributed by atoms with Gasteiger partial charge in [-0.1, -0.05) is 24.4 Å². The summed E-state index contributed by atoms with van der Waals surface area (Å²) in [4.78, 5) is 2.04. The molecule has 1 fully saturated rings. The summed E-state index contributed by atoms with van der Waals surface area (Å²) in [6.07, 6.45) is 4.09. The van der Waals surface area contributed by atoms with E-state index in [1.807, 2.05) is 19.0 Å². The van der Waals surface area contributed by atoms with Crippen LogP contribution in [0.25, 0.3) is 0 Å². The van der Waals surface area contributed by atoms with Crippen molar-refractivity contribution < 1.29 is 9.50 Å². The zero-order chi connectivity index (χ0) is 14.0. The molecule has 2 rings (SSSR count). The predicted molar refractivity (Wildman–Crippen MR) is 83.3 cm³/mol. The van der Waals surface area contributed by atoms with Gasteiger partial charge in [0, 0.05) is 17.5 Å². The van der Waals surface area contributed by atoms with Crippen molar-refractivity contribution in [3.05, 3.63) is 34.6 Å². The summed E-state index contributed by atoms with van der Waals surface area (Å²) in [7, 11) is 3.94. The number of halogens is 3. The van der Waals surface area contributed by atoms with Gasteiger partial charge >= 0.3 is 0 Å². The number of benzene rings is 1. The minimum absolute atomic E-state index is 0. The van der Waals surface area contributed by atoms with E-state index in [1.54, 1.807) is 6.07 Å². The first-order valence-corrected chi connectivity index (χ1v) is 7.13. The van der Waals surface area contributed by atoms with Gasteiger partial charge in [0.15, 0.2) is 0 Å². The lowest BCUT2D eigenvalue weighted by molar-refractivity contribution is -0.0603. The second-order valence-corrected chi connectivity index (χ2v) is 6.18. The molecule has 1 aliphatic rings. The number of nitrogens with zero attached hydrogens (tertiary/aromatic N) is 1. The van der Waals surface area contributed by atoms with Crippen molar-refractivity contribution in [2.24, 2.45) is 0 Å². The van der Waals surface area contributed by atoms with Crippen molar-refractivity contribution in [3.8, 4) is 0 Å². The molecule has 114 valence electrons. The summed E-state index contributed by atoms with van der Waals surface area (Å²) in [5.74, 6) is -0.291. The van der Waals surface area contributed by atoms with Gasteiger partial charge in [0.05, 0.1) is 5.60 Å². The van der Waals surface area contributed by atoms with Crippen molar-refractivity contribution in [2.45, 2.75) is 43.7 Å². The minimum atomic E-state index is -0.868. The van der Waals surface area contributed by atoms with Gasteiger partial charge in [-0.3, -0.25) is 0 Å². The molecule has 0 radical (unpaired) electrons. The molecule has 0 heterocycles. The van der Waals surface area contributed by atoms with E-state index in [0.29, 0.717) is 23.4 Å². The molecular weight excluding hydrogens is 300 g/mol. The molecule has 0 aromatic heterocycles. The Balaban J connectivity index is 0.00000200. The third kappa shape index (κ3) is 3.85. The third-order valence-corrected chi connectivity index (χ3v) is 4.32. The maximum atomic E-state index is 13.8. The lowest BCUT2D eigenvalue weighted by Crippen LogP contribution is -2.53. The number of hydrogen-bond donors (Lipinski definition) is 1. The van der Waals surface area contributed by atoms with Gasteiger partial charge < -0.3 is 10.0 Å². The van der Waals surface area contributed by atoms with Crippen LogP contribution in [0.2, 0.25) is 5.02 Å². The topological polar surface area (TPSA) is 23.5 Å². The minimum Gasteiger partial charge on any atom is -0.388 e. The van der Waals surface area contributed by atoms with Crippen LogP contribution in [0, 0.1) is 5.82 Å². The van der Waals surface area contributed by atoms with Gasteiger partial charge in [0.25, 0.3) is 0 Å². The van der Waals surface area contributed by atoms with Crippen LogP contribution in [0.5, 0.6) is 0 Å². The number of aliphatic hydroxyl groups is 1. The Labute approximate surface area is 131 Å². The average molecular weight is 322 g/mol. The highest BCUT2D eigenvalue weighted by molar-refractivity contribution is 6.30. The zero-order valence-electron chi connectivity index (χ0n) is 11.9. The molecule has 0 saturated heterocycles. The van der Waals surface area contributed by atoms with E-state index >= 15 is 0 Å². The lowest BCUT2D eigenvalue weighted by Gasteiger charge is -2.43. The normalized spacial score (nSPS) is 26.4. The smallest absolute Gasteiger partial charge is 0.126 e. The van der Waals surface area contributed by atoms with Crippen LogP contribution in [0.1, 0.15) is 31.2 Å². The van der Waals surface area contributed by atoms with Crippen molar-refractivity contribution >= 4 is 24.0 Å². The van der Waals surface area contributed by atoms with Gasteiger partial charge in [-0.05, 0) is 50.7 Å². The lowest BCUT2D eigenvalue weighted by atomic mass is 9.76. The van der Waals surface area contributed by atoms with Crippen LogP contribution < -0.4 is 0 Å². The molecule has 2 atom stereocenters. The van der Waals surface area contributed by atoms with Crippen molar-refractivity contribution in [1.82, 2.24) is 4.90 Å². The summed E-state index contributed by atoms with van der Waals surface area (Å²) >= 11 is 5.92. The molecule has 20 heavy (non-hydrogen) atoms. The van der Waals surface area contributed by atoms with Crippen LogP contribution in [-0.4, -0.2) is 35.7 Å². The highest BCUT2D eigenvalue weighted by atomic mass is 35.5. The maximum Gasteiger partial charge on any atom is 0.126 e. The van der Waals surface area contributed by atoms with Crippen LogP contribution in [0.3, 0.4) is 0 Å². The Morgan fingerprint density at radius 1 is 1.40 bits per heavy atom. The highest BCUT2D eigenvalue weighted by Gasteiger charge is 2.40. The largest absolute Gasteiger partial charge is 0.388 e. The molecule has 1 saturated carbocycles. The molecule has 0 spiro atoms. The molecule has 1 aromatic carbocycles. The molecule has 0 aliphatic heterocycles. The second-order valence-electron chi connectivity index (χ2n) is 5.74. The Hall–Kier alpha value is -0.350. The van der Waals surface area contributed by atoms with E-state index in [-0.39, 0.29) is 24.3 Å². The van der Waals surface area contributed by atoms with Gasteiger partial charge in [0.1, 0.15) is 5.82 Å². The summed E-state index contributed by atoms with van der Waals surface area (Å²) < 4.78 is 13.8. The van der Waals surface area contributed by atoms with E-state index in [2.05, 4.69) is 0 Å². The van der Waals surface area contributed by atoms with E-state index in [9.17, 15) is 9.50 Å². The molecule has 1 N–H and O–H groups in total. The quantitative estimate of drug-likeness (QED) is 0.918. The molecule has 0 bridgehead atoms. The summed E-state index contributed by atoms with van der Waals surface area (Å²) in [6, 6.07) is 4.60. The van der Waals surface area contributed by atoms with Crippen LogP contribution in [0.4, 0.5) is 4.39 Å². The van der Waals surface area contributed by atoms with Crippen LogP contribution in [-0.2, 0) is 6.42 Å².